The molecule has 0 saturated heterocycles. The number of hydrogen-bond acceptors (Lipinski definition) is 3. The van der Waals surface area contributed by atoms with E-state index in [1.807, 2.05) is 18.4 Å². The lowest BCUT2D eigenvalue weighted by Gasteiger charge is -2.06. The molecule has 0 spiro atoms. The second kappa shape index (κ2) is 7.73. The van der Waals surface area contributed by atoms with Gasteiger partial charge in [-0.15, -0.1) is 0 Å². The molecule has 0 aromatic heterocycles. The van der Waals surface area contributed by atoms with Crippen LogP contribution in [-0.2, 0) is 4.79 Å². The van der Waals surface area contributed by atoms with Crippen LogP contribution in [0.1, 0.15) is 11.1 Å². The molecular weight excluding hydrogens is 347 g/mol. The Morgan fingerprint density at radius 1 is 1.08 bits per heavy atom. The summed E-state index contributed by atoms with van der Waals surface area (Å²) in [5.41, 5.74) is 1.50. The van der Waals surface area contributed by atoms with Gasteiger partial charge in [0.2, 0.25) is 5.82 Å². The zero-order valence-corrected chi connectivity index (χ0v) is 12.7. The van der Waals surface area contributed by atoms with E-state index in [1.165, 1.54) is 0 Å². The number of nitrogens with zero attached hydrogens (tertiary/aromatic N) is 1. The Labute approximate surface area is 138 Å². The molecule has 0 saturated carbocycles. The summed E-state index contributed by atoms with van der Waals surface area (Å²) in [7, 11) is 0. The molecule has 0 heterocycles. The van der Waals surface area contributed by atoms with Gasteiger partial charge in [-0.3, -0.25) is 4.79 Å². The number of carbonyl (C=O) groups excluding carboxylic acids is 1. The maximum Gasteiger partial charge on any atom is 0.277 e. The Hall–Kier alpha value is -2.97. The lowest BCUT2D eigenvalue weighted by atomic mass is 10.2. The van der Waals surface area contributed by atoms with Crippen LogP contribution in [0, 0.1) is 36.0 Å². The molecule has 1 N–H and O–H groups in total. The summed E-state index contributed by atoms with van der Waals surface area (Å²) in [5.74, 6) is -11.0. The fraction of sp³-hybridized carbons (Fsp3) is 0.125. The van der Waals surface area contributed by atoms with Crippen molar-refractivity contribution in [1.82, 2.24) is 5.43 Å². The van der Waals surface area contributed by atoms with E-state index in [1.54, 1.807) is 18.2 Å². The van der Waals surface area contributed by atoms with Gasteiger partial charge in [-0.2, -0.15) is 5.10 Å². The third-order valence-electron chi connectivity index (χ3n) is 2.99. The number of benzene rings is 2. The lowest BCUT2D eigenvalue weighted by Crippen LogP contribution is -2.24. The summed E-state index contributed by atoms with van der Waals surface area (Å²) in [6.07, 6.45) is 0.320. The topological polar surface area (TPSA) is 50.7 Å². The quantitative estimate of drug-likeness (QED) is 0.293. The molecule has 0 radical (unpaired) electrons. The highest BCUT2D eigenvalue weighted by atomic mass is 19.2. The van der Waals surface area contributed by atoms with Crippen molar-refractivity contribution < 1.29 is 31.5 Å². The number of aryl methyl sites for hydroxylation is 1. The second-order valence-corrected chi connectivity index (χ2v) is 4.88. The van der Waals surface area contributed by atoms with Crippen LogP contribution in [-0.4, -0.2) is 18.7 Å². The smallest absolute Gasteiger partial charge is 0.277 e. The Kier molecular flexibility index (Phi) is 5.68. The van der Waals surface area contributed by atoms with Crippen molar-refractivity contribution in [3.8, 4) is 5.75 Å². The fourth-order valence-electron chi connectivity index (χ4n) is 1.79. The van der Waals surface area contributed by atoms with Crippen LogP contribution in [0.25, 0.3) is 0 Å². The number of halogens is 5. The molecule has 132 valence electrons. The van der Waals surface area contributed by atoms with Gasteiger partial charge in [0.1, 0.15) is 5.75 Å². The summed E-state index contributed by atoms with van der Waals surface area (Å²) in [6, 6.07) is 6.81. The van der Waals surface area contributed by atoms with Crippen LogP contribution >= 0.6 is 0 Å². The largest absolute Gasteiger partial charge is 0.484 e. The Bertz CT molecular complexity index is 811. The maximum atomic E-state index is 13.4. The van der Waals surface area contributed by atoms with Gasteiger partial charge in [0.15, 0.2) is 29.9 Å². The number of hydrazone groups is 1. The van der Waals surface area contributed by atoms with Crippen molar-refractivity contribution in [2.24, 2.45) is 5.10 Å². The monoisotopic (exact) mass is 358 g/mol. The minimum atomic E-state index is -2.28. The highest BCUT2D eigenvalue weighted by molar-refractivity contribution is 5.83. The predicted molar refractivity (Wildman–Crippen MR) is 78.6 cm³/mol. The van der Waals surface area contributed by atoms with Crippen LogP contribution in [0.5, 0.6) is 5.75 Å². The minimum absolute atomic E-state index is 0.320. The van der Waals surface area contributed by atoms with E-state index in [0.717, 1.165) is 5.56 Å². The highest BCUT2D eigenvalue weighted by Gasteiger charge is 2.24. The van der Waals surface area contributed by atoms with Crippen molar-refractivity contribution in [3.63, 3.8) is 0 Å². The fourth-order valence-corrected chi connectivity index (χ4v) is 1.79. The average molecular weight is 358 g/mol. The molecule has 1 amide bonds. The first-order chi connectivity index (χ1) is 11.8. The molecule has 0 aliphatic heterocycles. The van der Waals surface area contributed by atoms with Gasteiger partial charge >= 0.3 is 0 Å². The van der Waals surface area contributed by atoms with Gasteiger partial charge in [0.05, 0.1) is 11.8 Å². The molecule has 0 fully saturated rings. The zero-order valence-electron chi connectivity index (χ0n) is 12.7. The van der Waals surface area contributed by atoms with E-state index in [2.05, 4.69) is 5.10 Å². The number of nitrogens with one attached hydrogen (secondary N) is 1. The maximum absolute atomic E-state index is 13.4. The average Bonchev–Trinajstić information content (AvgIpc) is 2.59. The SMILES string of the molecule is Cc1cccc(OCC(=O)N/N=C\c2c(F)c(F)c(F)c(F)c2F)c1. The predicted octanol–water partition coefficient (Wildman–Crippen LogP) is 3.22. The first-order valence-electron chi connectivity index (χ1n) is 6.84. The molecular formula is C16H11F5N2O2. The van der Waals surface area contributed by atoms with Gasteiger partial charge in [0.25, 0.3) is 5.91 Å². The number of ether oxygens (including phenoxy) is 1. The normalized spacial score (nSPS) is 11.0. The molecule has 2 aromatic rings. The Balaban J connectivity index is 2.00. The molecule has 0 bridgehead atoms. The third kappa shape index (κ3) is 4.31. The van der Waals surface area contributed by atoms with Gasteiger partial charge in [-0.1, -0.05) is 12.1 Å². The summed E-state index contributed by atoms with van der Waals surface area (Å²) >= 11 is 0. The second-order valence-electron chi connectivity index (χ2n) is 4.88. The standard InChI is InChI=1S/C16H11F5N2O2/c1-8-3-2-4-9(5-8)25-7-11(24)23-22-6-10-12(17)14(19)16(21)15(20)13(10)18/h2-6H,7H2,1H3,(H,23,24)/b22-6-. The van der Waals surface area contributed by atoms with Crippen LogP contribution < -0.4 is 10.2 Å². The molecule has 0 atom stereocenters. The summed E-state index contributed by atoms with van der Waals surface area (Å²) in [4.78, 5) is 11.5. The molecule has 2 rings (SSSR count). The molecule has 0 aliphatic rings. The third-order valence-corrected chi connectivity index (χ3v) is 2.99. The minimum Gasteiger partial charge on any atom is -0.484 e. The first-order valence-corrected chi connectivity index (χ1v) is 6.84. The zero-order chi connectivity index (χ0) is 18.6. The Morgan fingerprint density at radius 2 is 1.68 bits per heavy atom. The molecule has 9 heteroatoms. The van der Waals surface area contributed by atoms with Gasteiger partial charge in [-0.25, -0.2) is 27.4 Å². The van der Waals surface area contributed by atoms with Crippen molar-refractivity contribution >= 4 is 12.1 Å². The van der Waals surface area contributed by atoms with Gasteiger partial charge < -0.3 is 4.74 Å². The highest BCUT2D eigenvalue weighted by Crippen LogP contribution is 2.21. The van der Waals surface area contributed by atoms with Gasteiger partial charge in [-0.05, 0) is 24.6 Å². The molecule has 25 heavy (non-hydrogen) atoms. The number of rotatable bonds is 5. The van der Waals surface area contributed by atoms with Crippen LogP contribution in [0.15, 0.2) is 29.4 Å². The number of hydrogen-bond donors (Lipinski definition) is 1. The lowest BCUT2D eigenvalue weighted by molar-refractivity contribution is -0.123. The molecule has 0 unspecified atom stereocenters. The number of carbonyl (C=O) groups is 1. The van der Waals surface area contributed by atoms with Crippen LogP contribution in [0.3, 0.4) is 0 Å². The van der Waals surface area contributed by atoms with Crippen molar-refractivity contribution in [2.75, 3.05) is 6.61 Å². The van der Waals surface area contributed by atoms with E-state index >= 15 is 0 Å². The summed E-state index contributed by atoms with van der Waals surface area (Å²) in [5, 5.41) is 3.16. The number of amides is 1. The van der Waals surface area contributed by atoms with E-state index in [4.69, 9.17) is 4.74 Å². The molecule has 2 aromatic carbocycles. The molecule has 4 nitrogen and oxygen atoms in total. The van der Waals surface area contributed by atoms with E-state index in [-0.39, 0.29) is 0 Å². The summed E-state index contributed by atoms with van der Waals surface area (Å²) < 4.78 is 70.8. The van der Waals surface area contributed by atoms with Crippen molar-refractivity contribution in [3.05, 3.63) is 64.5 Å². The molecule has 0 aliphatic carbocycles. The van der Waals surface area contributed by atoms with Crippen molar-refractivity contribution in [1.29, 1.82) is 0 Å². The van der Waals surface area contributed by atoms with E-state index in [0.29, 0.717) is 12.0 Å². The van der Waals surface area contributed by atoms with Crippen molar-refractivity contribution in [2.45, 2.75) is 6.92 Å². The van der Waals surface area contributed by atoms with Crippen LogP contribution in [0.2, 0.25) is 0 Å². The first kappa shape index (κ1) is 18.4. The summed E-state index contributed by atoms with van der Waals surface area (Å²) in [6.45, 7) is 1.36. The van der Waals surface area contributed by atoms with E-state index in [9.17, 15) is 26.7 Å². The Morgan fingerprint density at radius 3 is 2.28 bits per heavy atom. The van der Waals surface area contributed by atoms with Gasteiger partial charge in [0, 0.05) is 0 Å². The van der Waals surface area contributed by atoms with E-state index < -0.39 is 47.2 Å². The van der Waals surface area contributed by atoms with Crippen LogP contribution in [0.4, 0.5) is 22.0 Å².